The van der Waals surface area contributed by atoms with E-state index in [0.29, 0.717) is 11.3 Å². The number of rotatable bonds is 5. The van der Waals surface area contributed by atoms with Crippen LogP contribution in [-0.4, -0.2) is 104 Å². The minimum absolute atomic E-state index is 0.0297. The highest BCUT2D eigenvalue weighted by molar-refractivity contribution is 7.88. The highest BCUT2D eigenvalue weighted by Gasteiger charge is 2.64. The Balaban J connectivity index is 1.94. The zero-order valence-electron chi connectivity index (χ0n) is 23.1. The highest BCUT2D eigenvalue weighted by Crippen LogP contribution is 2.54. The van der Waals surface area contributed by atoms with Crippen LogP contribution in [0.15, 0.2) is 23.0 Å². The zero-order chi connectivity index (χ0) is 30.8. The molecule has 1 aromatic carbocycles. The SMILES string of the molecule is CN(C)c1cc(C#CCNS(C)(=O)=O)c(O)c2c1C[C@H]1C[C@@H]3[C@H](N(C)C)C(=O)C(C(N)=O)=C(O)[C@]3(O)C(=O)C1=C2O. The molecule has 4 atom stereocenters. The molecule has 0 bridgehead atoms. The molecule has 4 rings (SSSR count). The van der Waals surface area contributed by atoms with E-state index >= 15 is 0 Å². The maximum atomic E-state index is 14.0. The molecule has 0 aromatic heterocycles. The number of amides is 1. The molecule has 1 fully saturated rings. The van der Waals surface area contributed by atoms with Crippen LogP contribution in [0.5, 0.6) is 5.75 Å². The van der Waals surface area contributed by atoms with Gasteiger partial charge in [0, 0.05) is 31.3 Å². The average Bonchev–Trinajstić information content (AvgIpc) is 2.83. The van der Waals surface area contributed by atoms with E-state index in [4.69, 9.17) is 5.73 Å². The largest absolute Gasteiger partial charge is 0.508 e. The number of sulfonamides is 1. The third kappa shape index (κ3) is 4.74. The number of Topliss-reactive ketones (excluding diaryl/α,β-unsaturated/α-hetero) is 2. The van der Waals surface area contributed by atoms with E-state index in [-0.39, 0.29) is 36.1 Å². The Morgan fingerprint density at radius 1 is 1.20 bits per heavy atom. The molecule has 0 heterocycles. The molecule has 3 aliphatic carbocycles. The van der Waals surface area contributed by atoms with Gasteiger partial charge < -0.3 is 31.1 Å². The van der Waals surface area contributed by atoms with Crippen LogP contribution in [0.4, 0.5) is 5.69 Å². The number of nitrogens with zero attached hydrogens (tertiary/aromatic N) is 2. The minimum atomic E-state index is -3.50. The lowest BCUT2D eigenvalue weighted by Gasteiger charge is -2.50. The van der Waals surface area contributed by atoms with E-state index in [1.165, 1.54) is 19.0 Å². The number of phenolic OH excluding ortho intramolecular Hbond substituents is 1. The van der Waals surface area contributed by atoms with Gasteiger partial charge in [0.25, 0.3) is 5.91 Å². The van der Waals surface area contributed by atoms with Gasteiger partial charge in [-0.1, -0.05) is 11.8 Å². The van der Waals surface area contributed by atoms with E-state index in [0.717, 1.165) is 6.26 Å². The second-order valence-corrected chi connectivity index (χ2v) is 12.7. The molecule has 0 saturated heterocycles. The first kappa shape index (κ1) is 30.1. The number of carbonyl (C=O) groups excluding carboxylic acids is 3. The van der Waals surface area contributed by atoms with Gasteiger partial charge in [0.15, 0.2) is 11.4 Å². The van der Waals surface area contributed by atoms with Crippen LogP contribution in [-0.2, 0) is 30.8 Å². The molecule has 0 unspecified atom stereocenters. The minimum Gasteiger partial charge on any atom is -0.508 e. The quantitative estimate of drug-likeness (QED) is 0.180. The summed E-state index contributed by atoms with van der Waals surface area (Å²) in [6.07, 6.45) is 1.06. The van der Waals surface area contributed by atoms with Crippen molar-refractivity contribution in [2.24, 2.45) is 17.6 Å². The van der Waals surface area contributed by atoms with Crippen molar-refractivity contribution >= 4 is 38.9 Å². The van der Waals surface area contributed by atoms with Gasteiger partial charge in [-0.25, -0.2) is 13.1 Å². The molecule has 0 aliphatic heterocycles. The van der Waals surface area contributed by atoms with E-state index < -0.39 is 73.8 Å². The third-order valence-corrected chi connectivity index (χ3v) is 8.49. The lowest BCUT2D eigenvalue weighted by molar-refractivity contribution is -0.153. The van der Waals surface area contributed by atoms with Gasteiger partial charge in [-0.2, -0.15) is 0 Å². The lowest BCUT2D eigenvalue weighted by atomic mass is 9.57. The first-order valence-corrected chi connectivity index (χ1v) is 14.5. The Morgan fingerprint density at radius 3 is 2.37 bits per heavy atom. The van der Waals surface area contributed by atoms with Crippen LogP contribution in [0.3, 0.4) is 0 Å². The fraction of sp³-hybridized carbons (Fsp3) is 0.444. The fourth-order valence-corrected chi connectivity index (χ4v) is 6.43. The molecule has 1 amide bonds. The van der Waals surface area contributed by atoms with Crippen LogP contribution in [0, 0.1) is 23.7 Å². The number of anilines is 1. The molecule has 220 valence electrons. The van der Waals surface area contributed by atoms with E-state index in [1.54, 1.807) is 25.1 Å². The second kappa shape index (κ2) is 10.2. The molecular weight excluding hydrogens is 556 g/mol. The standard InChI is InChI=1S/C27H32N4O9S/c1-30(2)16-11-12(7-6-8-29-41(5,39)40)21(32)18-14(16)9-13-10-15-20(31(3)4)23(34)19(26(28)37)25(36)27(15,38)24(35)17(13)22(18)33/h11,13,15,20,29,32-33,36,38H,8-10H2,1-5H3,(H2,28,37)/t13-,15+,20-,27+/m0/s1. The number of aromatic hydroxyl groups is 1. The number of primary amides is 1. The number of fused-ring (bicyclic) bond motifs is 3. The number of benzene rings is 1. The molecule has 1 saturated carbocycles. The summed E-state index contributed by atoms with van der Waals surface area (Å²) in [6, 6.07) is 0.397. The number of aliphatic hydroxyl groups excluding tert-OH is 2. The Hall–Kier alpha value is -3.90. The van der Waals surface area contributed by atoms with Gasteiger partial charge in [0.2, 0.25) is 15.8 Å². The van der Waals surface area contributed by atoms with Gasteiger partial charge in [0.05, 0.1) is 30.0 Å². The molecule has 0 spiro atoms. The van der Waals surface area contributed by atoms with Gasteiger partial charge >= 0.3 is 0 Å². The van der Waals surface area contributed by atoms with Gasteiger partial charge in [-0.05, 0) is 44.5 Å². The molecular formula is C27H32N4O9S. The zero-order valence-corrected chi connectivity index (χ0v) is 24.0. The molecule has 7 N–H and O–H groups in total. The Labute approximate surface area is 237 Å². The summed E-state index contributed by atoms with van der Waals surface area (Å²) >= 11 is 0. The summed E-state index contributed by atoms with van der Waals surface area (Å²) in [5.74, 6) is -2.14. The van der Waals surface area contributed by atoms with Crippen molar-refractivity contribution in [2.75, 3.05) is 45.9 Å². The molecule has 1 aromatic rings. The van der Waals surface area contributed by atoms with Crippen molar-refractivity contribution in [3.05, 3.63) is 39.7 Å². The number of hydrogen-bond donors (Lipinski definition) is 6. The number of phenols is 1. The maximum Gasteiger partial charge on any atom is 0.255 e. The van der Waals surface area contributed by atoms with Gasteiger partial charge in [0.1, 0.15) is 22.8 Å². The van der Waals surface area contributed by atoms with Crippen LogP contribution < -0.4 is 15.4 Å². The lowest BCUT2D eigenvalue weighted by Crippen LogP contribution is -2.65. The number of carbonyl (C=O) groups is 3. The number of nitrogens with one attached hydrogen (secondary N) is 1. The summed E-state index contributed by atoms with van der Waals surface area (Å²) in [7, 11) is 3.02. The number of hydrogen-bond acceptors (Lipinski definition) is 11. The Kier molecular flexibility index (Phi) is 7.47. The van der Waals surface area contributed by atoms with Crippen LogP contribution in [0.2, 0.25) is 0 Å². The first-order chi connectivity index (χ1) is 18.9. The maximum absolute atomic E-state index is 14.0. The molecule has 0 radical (unpaired) electrons. The Morgan fingerprint density at radius 2 is 1.83 bits per heavy atom. The van der Waals surface area contributed by atoms with Crippen molar-refractivity contribution < 1.29 is 43.2 Å². The Bertz CT molecular complexity index is 1610. The second-order valence-electron chi connectivity index (χ2n) is 10.9. The summed E-state index contributed by atoms with van der Waals surface area (Å²) < 4.78 is 24.9. The van der Waals surface area contributed by atoms with Gasteiger partial charge in [-0.15, -0.1) is 0 Å². The predicted molar refractivity (Wildman–Crippen MR) is 148 cm³/mol. The van der Waals surface area contributed by atoms with E-state index in [2.05, 4.69) is 16.6 Å². The monoisotopic (exact) mass is 588 g/mol. The smallest absolute Gasteiger partial charge is 0.255 e. The molecule has 3 aliphatic rings. The van der Waals surface area contributed by atoms with E-state index in [1.807, 2.05) is 0 Å². The first-order valence-electron chi connectivity index (χ1n) is 12.6. The number of likely N-dealkylation sites (N-methyl/N-ethyl adjacent to an activating group) is 1. The molecule has 13 nitrogen and oxygen atoms in total. The highest BCUT2D eigenvalue weighted by atomic mass is 32.2. The molecule has 41 heavy (non-hydrogen) atoms. The van der Waals surface area contributed by atoms with Gasteiger partial charge in [-0.3, -0.25) is 19.3 Å². The topological polar surface area (TPSA) is 211 Å². The normalized spacial score (nSPS) is 25.8. The van der Waals surface area contributed by atoms with Crippen molar-refractivity contribution in [3.8, 4) is 17.6 Å². The summed E-state index contributed by atoms with van der Waals surface area (Å²) in [6.45, 7) is -0.242. The predicted octanol–water partition coefficient (Wildman–Crippen LogP) is -1.07. The summed E-state index contributed by atoms with van der Waals surface area (Å²) in [5, 5.41) is 45.3. The number of ketones is 2. The number of aliphatic hydroxyl groups is 3. The van der Waals surface area contributed by atoms with Crippen LogP contribution in [0.25, 0.3) is 5.76 Å². The van der Waals surface area contributed by atoms with Crippen molar-refractivity contribution in [1.29, 1.82) is 0 Å². The van der Waals surface area contributed by atoms with Crippen LogP contribution in [0.1, 0.15) is 23.1 Å². The average molecular weight is 589 g/mol. The fourth-order valence-electron chi connectivity index (χ4n) is 6.09. The summed E-state index contributed by atoms with van der Waals surface area (Å²) in [4.78, 5) is 42.5. The molecule has 14 heteroatoms. The van der Waals surface area contributed by atoms with Crippen molar-refractivity contribution in [3.63, 3.8) is 0 Å². The van der Waals surface area contributed by atoms with Crippen LogP contribution >= 0.6 is 0 Å². The van der Waals surface area contributed by atoms with E-state index in [9.17, 15) is 43.2 Å². The third-order valence-electron chi connectivity index (χ3n) is 7.82. The van der Waals surface area contributed by atoms with Crippen molar-refractivity contribution in [1.82, 2.24) is 9.62 Å². The number of nitrogens with two attached hydrogens (primary N) is 1. The summed E-state index contributed by atoms with van der Waals surface area (Å²) in [5.41, 5.74) is 2.43. The van der Waals surface area contributed by atoms with Crippen molar-refractivity contribution in [2.45, 2.75) is 24.5 Å².